The van der Waals surface area contributed by atoms with Gasteiger partial charge in [0.15, 0.2) is 6.10 Å². The van der Waals surface area contributed by atoms with E-state index in [0.29, 0.717) is 17.7 Å². The van der Waals surface area contributed by atoms with Crippen LogP contribution in [-0.4, -0.2) is 22.1 Å². The summed E-state index contributed by atoms with van der Waals surface area (Å²) in [5, 5.41) is 13.6. The van der Waals surface area contributed by atoms with Crippen molar-refractivity contribution in [2.24, 2.45) is 0 Å². The number of fused-ring (bicyclic) bond motifs is 1. The molecule has 0 spiro atoms. The minimum Gasteiger partial charge on any atom is -0.378 e. The van der Waals surface area contributed by atoms with Crippen molar-refractivity contribution in [1.29, 1.82) is 0 Å². The Kier molecular flexibility index (Phi) is 5.55. The molecule has 150 valence electrons. The first-order valence-corrected chi connectivity index (χ1v) is 9.67. The van der Waals surface area contributed by atoms with E-state index in [0.717, 1.165) is 27.8 Å². The molecule has 1 aliphatic carbocycles. The zero-order valence-electron chi connectivity index (χ0n) is 16.5. The molecule has 2 N–H and O–H groups in total. The predicted molar refractivity (Wildman–Crippen MR) is 115 cm³/mol. The summed E-state index contributed by atoms with van der Waals surface area (Å²) in [7, 11) is 0. The van der Waals surface area contributed by atoms with Crippen LogP contribution in [0.4, 0.5) is 4.39 Å². The molecule has 0 saturated heterocycles. The smallest absolute Gasteiger partial charge is 0.253 e. The van der Waals surface area contributed by atoms with E-state index in [1.165, 1.54) is 12.1 Å². The number of carbonyl (C=O) groups excluding carboxylic acids is 1. The Morgan fingerprint density at radius 2 is 1.83 bits per heavy atom. The maximum absolute atomic E-state index is 14.0. The minimum atomic E-state index is -1.40. The van der Waals surface area contributed by atoms with E-state index in [1.807, 2.05) is 55.5 Å². The molecule has 1 unspecified atom stereocenters. The highest BCUT2D eigenvalue weighted by Gasteiger charge is 2.32. The summed E-state index contributed by atoms with van der Waals surface area (Å²) < 4.78 is 14.0. The van der Waals surface area contributed by atoms with Gasteiger partial charge < -0.3 is 10.4 Å². The van der Waals surface area contributed by atoms with Crippen LogP contribution >= 0.6 is 0 Å². The number of pyridine rings is 1. The quantitative estimate of drug-likeness (QED) is 0.674. The molecular weight excluding hydrogens is 379 g/mol. The van der Waals surface area contributed by atoms with Gasteiger partial charge in [-0.1, -0.05) is 36.4 Å². The molecule has 0 radical (unpaired) electrons. The highest BCUT2D eigenvalue weighted by molar-refractivity contribution is 6.10. The first kappa shape index (κ1) is 19.7. The van der Waals surface area contributed by atoms with Crippen molar-refractivity contribution in [1.82, 2.24) is 10.3 Å². The van der Waals surface area contributed by atoms with Crippen LogP contribution < -0.4 is 5.32 Å². The van der Waals surface area contributed by atoms with Crippen LogP contribution in [-0.2, 0) is 11.3 Å². The molecule has 4 nitrogen and oxygen atoms in total. The van der Waals surface area contributed by atoms with E-state index < -0.39 is 17.8 Å². The molecule has 1 atom stereocenters. The molecule has 2 aromatic carbocycles. The number of carbonyl (C=O) groups is 1. The second kappa shape index (κ2) is 8.43. The largest absolute Gasteiger partial charge is 0.378 e. The van der Waals surface area contributed by atoms with Gasteiger partial charge in [0, 0.05) is 24.5 Å². The van der Waals surface area contributed by atoms with Gasteiger partial charge in [0.2, 0.25) is 0 Å². The van der Waals surface area contributed by atoms with Gasteiger partial charge in [-0.15, -0.1) is 0 Å². The Morgan fingerprint density at radius 3 is 2.57 bits per heavy atom. The molecule has 1 heterocycles. The minimum absolute atomic E-state index is 0.304. The molecule has 0 aliphatic heterocycles. The fourth-order valence-corrected chi connectivity index (χ4v) is 3.70. The standard InChI is InChI=1S/C25H21FN2O2/c1-16-21(13-17-9-11-27-12-10-17)20-8-7-19(26)14-22(20)23(16)24(29)25(30)28-15-18-5-3-2-4-6-18/h2-14,24,29H,15H2,1H3,(H,28,30)/b21-13+. The SMILES string of the molecule is CC1=C(C(O)C(=O)NCc2ccccc2)c2cc(F)ccc2/C1=C/c1ccncc1. The molecule has 4 rings (SSSR count). The summed E-state index contributed by atoms with van der Waals surface area (Å²) in [6, 6.07) is 17.6. The van der Waals surface area contributed by atoms with Crippen LogP contribution in [0.15, 0.2) is 78.6 Å². The summed E-state index contributed by atoms with van der Waals surface area (Å²) in [5.41, 5.74) is 5.20. The van der Waals surface area contributed by atoms with E-state index in [4.69, 9.17) is 0 Å². The van der Waals surface area contributed by atoms with Crippen molar-refractivity contribution in [2.75, 3.05) is 0 Å². The Labute approximate surface area is 174 Å². The molecule has 0 fully saturated rings. The lowest BCUT2D eigenvalue weighted by Crippen LogP contribution is -2.35. The Bertz CT molecular complexity index is 1140. The van der Waals surface area contributed by atoms with Gasteiger partial charge in [0.25, 0.3) is 5.91 Å². The summed E-state index contributed by atoms with van der Waals surface area (Å²) in [6.45, 7) is 2.15. The molecule has 1 aromatic heterocycles. The first-order chi connectivity index (χ1) is 14.5. The molecule has 1 aliphatic rings. The first-order valence-electron chi connectivity index (χ1n) is 9.67. The number of aliphatic hydroxyl groups excluding tert-OH is 1. The fourth-order valence-electron chi connectivity index (χ4n) is 3.70. The number of nitrogens with one attached hydrogen (secondary N) is 1. The van der Waals surface area contributed by atoms with E-state index in [2.05, 4.69) is 10.3 Å². The fraction of sp³-hybridized carbons (Fsp3) is 0.120. The van der Waals surface area contributed by atoms with Crippen molar-refractivity contribution < 1.29 is 14.3 Å². The lowest BCUT2D eigenvalue weighted by molar-refractivity contribution is -0.126. The van der Waals surface area contributed by atoms with Crippen molar-refractivity contribution in [3.8, 4) is 0 Å². The zero-order valence-corrected chi connectivity index (χ0v) is 16.5. The maximum atomic E-state index is 14.0. The van der Waals surface area contributed by atoms with Crippen LogP contribution in [0.3, 0.4) is 0 Å². The molecule has 0 saturated carbocycles. The third kappa shape index (κ3) is 3.93. The summed E-state index contributed by atoms with van der Waals surface area (Å²) in [6.07, 6.45) is 3.94. The van der Waals surface area contributed by atoms with E-state index in [-0.39, 0.29) is 0 Å². The topological polar surface area (TPSA) is 62.2 Å². The highest BCUT2D eigenvalue weighted by atomic mass is 19.1. The molecule has 0 bridgehead atoms. The Hall–Kier alpha value is -3.57. The number of benzene rings is 2. The lowest BCUT2D eigenvalue weighted by Gasteiger charge is -2.15. The van der Waals surface area contributed by atoms with Gasteiger partial charge in [0.05, 0.1) is 0 Å². The van der Waals surface area contributed by atoms with Crippen LogP contribution in [0.1, 0.15) is 29.2 Å². The summed E-state index contributed by atoms with van der Waals surface area (Å²) >= 11 is 0. The van der Waals surface area contributed by atoms with Gasteiger partial charge in [-0.3, -0.25) is 9.78 Å². The predicted octanol–water partition coefficient (Wildman–Crippen LogP) is 4.23. The van der Waals surface area contributed by atoms with Gasteiger partial charge in [-0.2, -0.15) is 0 Å². The van der Waals surface area contributed by atoms with Crippen LogP contribution in [0.2, 0.25) is 0 Å². The number of hydrogen-bond acceptors (Lipinski definition) is 3. The van der Waals surface area contributed by atoms with Gasteiger partial charge in [0.1, 0.15) is 5.82 Å². The number of hydrogen-bond donors (Lipinski definition) is 2. The number of aliphatic hydroxyl groups is 1. The number of aromatic nitrogens is 1. The van der Waals surface area contributed by atoms with Crippen molar-refractivity contribution in [2.45, 2.75) is 19.6 Å². The van der Waals surface area contributed by atoms with Crippen molar-refractivity contribution in [3.63, 3.8) is 0 Å². The number of amides is 1. The molecule has 1 amide bonds. The monoisotopic (exact) mass is 400 g/mol. The van der Waals surface area contributed by atoms with Crippen molar-refractivity contribution >= 4 is 23.1 Å². The molecule has 30 heavy (non-hydrogen) atoms. The summed E-state index contributed by atoms with van der Waals surface area (Å²) in [4.78, 5) is 16.7. The van der Waals surface area contributed by atoms with Crippen LogP contribution in [0.25, 0.3) is 17.2 Å². The number of halogens is 1. The average molecular weight is 400 g/mol. The second-order valence-electron chi connectivity index (χ2n) is 7.17. The molecular formula is C25H21FN2O2. The Morgan fingerprint density at radius 1 is 1.10 bits per heavy atom. The number of allylic oxidation sites excluding steroid dienone is 2. The van der Waals surface area contributed by atoms with Crippen molar-refractivity contribution in [3.05, 3.63) is 107 Å². The zero-order chi connectivity index (χ0) is 21.1. The third-order valence-electron chi connectivity index (χ3n) is 5.22. The highest BCUT2D eigenvalue weighted by Crippen LogP contribution is 2.43. The molecule has 5 heteroatoms. The average Bonchev–Trinajstić information content (AvgIpc) is 3.03. The Balaban J connectivity index is 1.67. The maximum Gasteiger partial charge on any atom is 0.253 e. The number of nitrogens with zero attached hydrogens (tertiary/aromatic N) is 1. The van der Waals surface area contributed by atoms with E-state index >= 15 is 0 Å². The van der Waals surface area contributed by atoms with Crippen LogP contribution in [0, 0.1) is 5.82 Å². The summed E-state index contributed by atoms with van der Waals surface area (Å²) in [5.74, 6) is -0.935. The normalized spacial score (nSPS) is 15.2. The second-order valence-corrected chi connectivity index (χ2v) is 7.17. The lowest BCUT2D eigenvalue weighted by atomic mass is 9.99. The number of rotatable bonds is 5. The van der Waals surface area contributed by atoms with E-state index in [1.54, 1.807) is 18.5 Å². The third-order valence-corrected chi connectivity index (χ3v) is 5.22. The van der Waals surface area contributed by atoms with Gasteiger partial charge >= 0.3 is 0 Å². The van der Waals surface area contributed by atoms with Gasteiger partial charge in [-0.25, -0.2) is 4.39 Å². The van der Waals surface area contributed by atoms with Crippen LogP contribution in [0.5, 0.6) is 0 Å². The van der Waals surface area contributed by atoms with Gasteiger partial charge in [-0.05, 0) is 70.7 Å². The van der Waals surface area contributed by atoms with E-state index in [9.17, 15) is 14.3 Å². The molecule has 3 aromatic rings.